The third-order valence-electron chi connectivity index (χ3n) is 20.2. The summed E-state index contributed by atoms with van der Waals surface area (Å²) in [5, 5.41) is 35.9. The smallest absolute Gasteiger partial charge is 0.182 e. The average molecular weight is 1670 g/mol. The number of nitriles is 4. The van der Waals surface area contributed by atoms with Gasteiger partial charge < -0.3 is 0 Å². The summed E-state index contributed by atoms with van der Waals surface area (Å²) in [7, 11) is 0. The van der Waals surface area contributed by atoms with Crippen LogP contribution in [-0.2, 0) is 0 Å². The number of pyridine rings is 1. The summed E-state index contributed by atoms with van der Waals surface area (Å²) in [5.74, 6) is 9.58. The van der Waals surface area contributed by atoms with Gasteiger partial charge in [0.2, 0.25) is 0 Å². The average Bonchev–Trinajstić information content (AvgIpc) is 0.793. The zero-order valence-corrected chi connectivity index (χ0v) is 71.5. The molecule has 0 unspecified atom stereocenters. The van der Waals surface area contributed by atoms with E-state index < -0.39 is 0 Å². The standard InChI is InChI=1S/C29H20N4.2C23H16N4.C18H14N4.C16H14N4/c1-20-31-28(24-14-12-21(19-30)13-15-24)33-29(32-20)27-17-25(22-8-4-2-5-9-22)16-26(18-27)23-10-6-3-7-11-23;1-16-25-22(19-12-10-17(15-24)11-13-19)27-23(26-16)21-9-5-8-20(14-21)18-6-3-2-4-7-18;1-16-25-22(20-9-7-17(15-24)8-10-20)27-23(26-16)21-13-11-19(12-14-21)18-5-3-2-4-6-18;1-12-3-7-15(8-4-12)17-20-13(2)21-18(22-17)16-9-5-14(11-19)6-10-16;1-11-6-8-13(9-7-11)15-18-12(2)19-16(20-15)14-5-3-4-10-17-14/h2-18H,1H3;2*2-14H,1H3;3-10H,1-2H3;3-10H,1-2H3. The Morgan fingerprint density at radius 2 is 0.372 bits per heavy atom. The van der Waals surface area contributed by atoms with Crippen LogP contribution >= 0.6 is 0 Å². The van der Waals surface area contributed by atoms with Crippen LogP contribution in [0.5, 0.6) is 0 Å². The second kappa shape index (κ2) is 41.3. The Labute approximate surface area is 748 Å². The number of hydrogen-bond donors (Lipinski definition) is 0. The number of benzene rings is 13. The predicted molar refractivity (Wildman–Crippen MR) is 505 cm³/mol. The van der Waals surface area contributed by atoms with Gasteiger partial charge >= 0.3 is 0 Å². The Balaban J connectivity index is 0.000000125. The van der Waals surface area contributed by atoms with Crippen molar-refractivity contribution in [2.45, 2.75) is 48.5 Å². The molecule has 6 heterocycles. The number of aryl methyl sites for hydroxylation is 7. The summed E-state index contributed by atoms with van der Waals surface area (Å²) in [4.78, 5) is 72.1. The van der Waals surface area contributed by atoms with Crippen molar-refractivity contribution < 1.29 is 0 Å². The molecular weight excluding hydrogens is 1590 g/mol. The lowest BCUT2D eigenvalue weighted by Gasteiger charge is -2.11. The lowest BCUT2D eigenvalue weighted by atomic mass is 9.96. The molecule has 0 radical (unpaired) electrons. The van der Waals surface area contributed by atoms with Crippen LogP contribution in [0.1, 0.15) is 62.5 Å². The van der Waals surface area contributed by atoms with Crippen LogP contribution in [0, 0.1) is 93.8 Å². The van der Waals surface area contributed by atoms with Crippen LogP contribution in [-0.4, -0.2) is 79.7 Å². The lowest BCUT2D eigenvalue weighted by Crippen LogP contribution is -2.00. The molecule has 0 fully saturated rings. The monoisotopic (exact) mass is 1670 g/mol. The fraction of sp³-hybridized carbons (Fsp3) is 0.0642. The first kappa shape index (κ1) is 86.0. The Morgan fingerprint density at radius 3 is 0.674 bits per heavy atom. The van der Waals surface area contributed by atoms with Gasteiger partial charge in [0.1, 0.15) is 34.8 Å². The summed E-state index contributed by atoms with van der Waals surface area (Å²) in [6, 6.07) is 123. The van der Waals surface area contributed by atoms with Crippen LogP contribution in [0.15, 0.2) is 358 Å². The van der Waals surface area contributed by atoms with Crippen molar-refractivity contribution in [1.29, 1.82) is 21.0 Å². The van der Waals surface area contributed by atoms with Gasteiger partial charge in [0.15, 0.2) is 58.2 Å². The number of hydrogen-bond acceptors (Lipinski definition) is 20. The maximum absolute atomic E-state index is 9.08. The molecule has 19 rings (SSSR count). The summed E-state index contributed by atoms with van der Waals surface area (Å²) < 4.78 is 0. The molecule has 0 saturated heterocycles. The van der Waals surface area contributed by atoms with E-state index in [9.17, 15) is 0 Å². The van der Waals surface area contributed by atoms with E-state index >= 15 is 0 Å². The normalized spacial score (nSPS) is 10.4. The van der Waals surface area contributed by atoms with E-state index in [1.165, 1.54) is 16.7 Å². The second-order valence-electron chi connectivity index (χ2n) is 29.8. The number of aromatic nitrogens is 16. The molecular formula is C109H80N20. The van der Waals surface area contributed by atoms with E-state index in [1.54, 1.807) is 54.7 Å². The molecule has 616 valence electrons. The van der Waals surface area contributed by atoms with Gasteiger partial charge in [-0.05, 0) is 226 Å². The van der Waals surface area contributed by atoms with Crippen LogP contribution in [0.3, 0.4) is 0 Å². The zero-order valence-electron chi connectivity index (χ0n) is 71.5. The highest BCUT2D eigenvalue weighted by Gasteiger charge is 2.18. The zero-order chi connectivity index (χ0) is 89.4. The molecule has 6 aromatic heterocycles. The Bertz CT molecular complexity index is 7220. The number of rotatable bonds is 14. The van der Waals surface area contributed by atoms with Crippen molar-refractivity contribution in [3.05, 3.63) is 421 Å². The first-order valence-corrected chi connectivity index (χ1v) is 41.3. The lowest BCUT2D eigenvalue weighted by molar-refractivity contribution is 0.983. The van der Waals surface area contributed by atoms with E-state index in [-0.39, 0.29) is 0 Å². The molecule has 0 aliphatic heterocycles. The maximum Gasteiger partial charge on any atom is 0.182 e. The molecule has 0 amide bonds. The molecule has 20 nitrogen and oxygen atoms in total. The first-order valence-electron chi connectivity index (χ1n) is 41.3. The third kappa shape index (κ3) is 22.7. The van der Waals surface area contributed by atoms with Crippen molar-refractivity contribution in [2.24, 2.45) is 0 Å². The van der Waals surface area contributed by atoms with Crippen molar-refractivity contribution in [3.8, 4) is 183 Å². The SMILES string of the molecule is Cc1ccc(-c2nc(C)nc(-c3ccc(C#N)cc3)n2)cc1.Cc1ccc(-c2nc(C)nc(-c3ccccn3)n2)cc1.Cc1nc(-c2ccc(C#N)cc2)nc(-c2cc(-c3ccccc3)cc(-c3ccccc3)c2)n1.Cc1nc(-c2ccc(C#N)cc2)nc(-c2ccc(-c3ccccc3)cc2)n1.Cc1nc(-c2ccc(C#N)cc2)nc(-c2cccc(-c3ccccc3)c2)n1. The fourth-order valence-corrected chi connectivity index (χ4v) is 13.6. The second-order valence-corrected chi connectivity index (χ2v) is 29.8. The minimum Gasteiger partial charge on any atom is -0.253 e. The van der Waals surface area contributed by atoms with Crippen molar-refractivity contribution in [2.75, 3.05) is 0 Å². The highest BCUT2D eigenvalue weighted by atomic mass is 15.1. The molecule has 0 atom stereocenters. The van der Waals surface area contributed by atoms with Crippen molar-refractivity contribution >= 4 is 0 Å². The molecule has 0 saturated carbocycles. The Kier molecular flexibility index (Phi) is 27.5. The first-order chi connectivity index (χ1) is 63.0. The largest absolute Gasteiger partial charge is 0.253 e. The topological polar surface area (TPSA) is 301 Å². The van der Waals surface area contributed by atoms with E-state index in [4.69, 9.17) is 26.0 Å². The molecule has 0 N–H and O–H groups in total. The fourth-order valence-electron chi connectivity index (χ4n) is 13.6. The van der Waals surface area contributed by atoms with Crippen LogP contribution in [0.2, 0.25) is 0 Å². The van der Waals surface area contributed by atoms with Gasteiger partial charge in [0.05, 0.1) is 46.5 Å². The number of nitrogens with zero attached hydrogens (tertiary/aromatic N) is 20. The molecule has 129 heavy (non-hydrogen) atoms. The van der Waals surface area contributed by atoms with Gasteiger partial charge in [-0.15, -0.1) is 0 Å². The molecule has 13 aromatic carbocycles. The van der Waals surface area contributed by atoms with Crippen molar-refractivity contribution in [3.63, 3.8) is 0 Å². The van der Waals surface area contributed by atoms with Gasteiger partial charge in [0.25, 0.3) is 0 Å². The third-order valence-corrected chi connectivity index (χ3v) is 20.2. The van der Waals surface area contributed by atoms with Gasteiger partial charge in [-0.25, -0.2) is 74.8 Å². The van der Waals surface area contributed by atoms with Crippen molar-refractivity contribution in [1.82, 2.24) is 79.7 Å². The minimum absolute atomic E-state index is 0.591. The van der Waals surface area contributed by atoms with Gasteiger partial charge in [-0.3, -0.25) is 4.98 Å². The maximum atomic E-state index is 9.08. The van der Waals surface area contributed by atoms with Crippen LogP contribution in [0.25, 0.3) is 159 Å². The molecule has 0 aliphatic carbocycles. The highest BCUT2D eigenvalue weighted by molar-refractivity contribution is 5.81. The molecule has 20 heteroatoms. The highest BCUT2D eigenvalue weighted by Crippen LogP contribution is 2.35. The Morgan fingerprint density at radius 1 is 0.163 bits per heavy atom. The summed E-state index contributed by atoms with van der Waals surface area (Å²) in [6.07, 6.45) is 1.74. The van der Waals surface area contributed by atoms with E-state index in [0.29, 0.717) is 110 Å². The van der Waals surface area contributed by atoms with E-state index in [2.05, 4.69) is 209 Å². The van der Waals surface area contributed by atoms with Gasteiger partial charge in [-0.2, -0.15) is 21.0 Å². The summed E-state index contributed by atoms with van der Waals surface area (Å²) in [6.45, 7) is 13.4. The van der Waals surface area contributed by atoms with E-state index in [1.807, 2.05) is 242 Å². The van der Waals surface area contributed by atoms with E-state index in [0.717, 1.165) is 94.7 Å². The molecule has 0 spiro atoms. The van der Waals surface area contributed by atoms with Gasteiger partial charge in [0, 0.05) is 56.3 Å². The Hall–Kier alpha value is -18.0. The van der Waals surface area contributed by atoms with Crippen LogP contribution < -0.4 is 0 Å². The summed E-state index contributed by atoms with van der Waals surface area (Å²) >= 11 is 0. The minimum atomic E-state index is 0.591. The quantitative estimate of drug-likeness (QED) is 0.0976. The predicted octanol–water partition coefficient (Wildman–Crippen LogP) is 23.7. The molecule has 0 aliphatic rings. The molecule has 0 bridgehead atoms. The van der Waals surface area contributed by atoms with Gasteiger partial charge in [-0.1, -0.05) is 230 Å². The summed E-state index contributed by atoms with van der Waals surface area (Å²) in [5.41, 5.74) is 22.9. The molecule has 19 aromatic rings. The van der Waals surface area contributed by atoms with Crippen LogP contribution in [0.4, 0.5) is 0 Å².